The van der Waals surface area contributed by atoms with Gasteiger partial charge in [0.2, 0.25) is 0 Å². The maximum atomic E-state index is 8.90. The van der Waals surface area contributed by atoms with Crippen LogP contribution in [-0.4, -0.2) is 36.8 Å². The average Bonchev–Trinajstić information content (AvgIpc) is 2.54. The summed E-state index contributed by atoms with van der Waals surface area (Å²) in [6, 6.07) is 6.63. The first kappa shape index (κ1) is 15.9. The minimum atomic E-state index is -0.107. The maximum absolute atomic E-state index is 8.90. The molecule has 0 atom stereocenters. The summed E-state index contributed by atoms with van der Waals surface area (Å²) < 4.78 is 5.33. The second kappa shape index (κ2) is 8.07. The number of rotatable bonds is 4. The summed E-state index contributed by atoms with van der Waals surface area (Å²) in [5, 5.41) is 8.90. The normalized spacial score (nSPS) is 15.6. The summed E-state index contributed by atoms with van der Waals surface area (Å²) in [4.78, 5) is 2.43. The zero-order valence-corrected chi connectivity index (χ0v) is 13.1. The van der Waals surface area contributed by atoms with Crippen LogP contribution in [0.25, 0.3) is 0 Å². The SMILES string of the molecule is COc1ccc(C#CCO)c(CN(C)C2CCCCC2)c1. The van der Waals surface area contributed by atoms with Gasteiger partial charge in [-0.15, -0.1) is 0 Å². The molecule has 1 fully saturated rings. The Morgan fingerprint density at radius 2 is 2.05 bits per heavy atom. The molecule has 1 aromatic rings. The lowest BCUT2D eigenvalue weighted by Gasteiger charge is -2.31. The fraction of sp³-hybridized carbons (Fsp3) is 0.556. The molecule has 0 radical (unpaired) electrons. The summed E-state index contributed by atoms with van der Waals surface area (Å²) in [7, 11) is 3.88. The number of aliphatic hydroxyl groups excluding tert-OH is 1. The number of ether oxygens (including phenoxy) is 1. The summed E-state index contributed by atoms with van der Waals surface area (Å²) in [6.07, 6.45) is 6.63. The van der Waals surface area contributed by atoms with Gasteiger partial charge in [-0.2, -0.15) is 0 Å². The fourth-order valence-corrected chi connectivity index (χ4v) is 3.00. The molecule has 0 aromatic heterocycles. The van der Waals surface area contributed by atoms with E-state index in [0.29, 0.717) is 6.04 Å². The second-order valence-electron chi connectivity index (χ2n) is 5.69. The Balaban J connectivity index is 2.15. The predicted octanol–water partition coefficient (Wildman–Crippen LogP) is 2.80. The van der Waals surface area contributed by atoms with E-state index in [-0.39, 0.29) is 6.61 Å². The Kier molecular flexibility index (Phi) is 6.10. The molecule has 114 valence electrons. The number of hydrogen-bond donors (Lipinski definition) is 1. The minimum Gasteiger partial charge on any atom is -0.497 e. The van der Waals surface area contributed by atoms with Crippen LogP contribution in [0.4, 0.5) is 0 Å². The Bertz CT molecular complexity index is 510. The number of methoxy groups -OCH3 is 1. The molecule has 1 aromatic carbocycles. The lowest BCUT2D eigenvalue weighted by molar-refractivity contribution is 0.184. The van der Waals surface area contributed by atoms with Crippen LogP contribution in [-0.2, 0) is 6.54 Å². The average molecular weight is 287 g/mol. The molecule has 0 amide bonds. The van der Waals surface area contributed by atoms with Gasteiger partial charge in [-0.25, -0.2) is 0 Å². The van der Waals surface area contributed by atoms with Crippen LogP contribution in [0.15, 0.2) is 18.2 Å². The first-order chi connectivity index (χ1) is 10.2. The molecule has 0 bridgehead atoms. The third kappa shape index (κ3) is 4.49. The quantitative estimate of drug-likeness (QED) is 0.864. The van der Waals surface area contributed by atoms with Crippen molar-refractivity contribution in [2.24, 2.45) is 0 Å². The van der Waals surface area contributed by atoms with Crippen molar-refractivity contribution in [2.75, 3.05) is 20.8 Å². The molecule has 0 unspecified atom stereocenters. The largest absolute Gasteiger partial charge is 0.497 e. The summed E-state index contributed by atoms with van der Waals surface area (Å²) in [5.74, 6) is 6.64. The number of benzene rings is 1. The van der Waals surface area contributed by atoms with Crippen molar-refractivity contribution >= 4 is 0 Å². The van der Waals surface area contributed by atoms with Crippen molar-refractivity contribution in [1.82, 2.24) is 4.90 Å². The van der Waals surface area contributed by atoms with Crippen molar-refractivity contribution in [3.8, 4) is 17.6 Å². The van der Waals surface area contributed by atoms with Crippen LogP contribution in [0.3, 0.4) is 0 Å². The van der Waals surface area contributed by atoms with E-state index in [1.54, 1.807) is 7.11 Å². The first-order valence-corrected chi connectivity index (χ1v) is 7.71. The van der Waals surface area contributed by atoms with E-state index >= 15 is 0 Å². The molecular formula is C18H25NO2. The van der Waals surface area contributed by atoms with Crippen molar-refractivity contribution in [1.29, 1.82) is 0 Å². The van der Waals surface area contributed by atoms with Crippen LogP contribution in [0.5, 0.6) is 5.75 Å². The maximum Gasteiger partial charge on any atom is 0.119 e. The molecule has 21 heavy (non-hydrogen) atoms. The van der Waals surface area contributed by atoms with Crippen LogP contribution >= 0.6 is 0 Å². The van der Waals surface area contributed by atoms with Crippen LogP contribution in [0, 0.1) is 11.8 Å². The van der Waals surface area contributed by atoms with E-state index in [0.717, 1.165) is 17.9 Å². The van der Waals surface area contributed by atoms with Crippen molar-refractivity contribution in [2.45, 2.75) is 44.7 Å². The molecule has 0 heterocycles. The van der Waals surface area contributed by atoms with Gasteiger partial charge in [-0.1, -0.05) is 31.1 Å². The van der Waals surface area contributed by atoms with Crippen LogP contribution in [0.2, 0.25) is 0 Å². The lowest BCUT2D eigenvalue weighted by atomic mass is 9.94. The Morgan fingerprint density at radius 3 is 2.71 bits per heavy atom. The van der Waals surface area contributed by atoms with Gasteiger partial charge in [0.25, 0.3) is 0 Å². The molecule has 3 heteroatoms. The molecule has 1 aliphatic carbocycles. The second-order valence-corrected chi connectivity index (χ2v) is 5.69. The topological polar surface area (TPSA) is 32.7 Å². The molecule has 0 saturated heterocycles. The zero-order valence-electron chi connectivity index (χ0n) is 13.1. The highest BCUT2D eigenvalue weighted by Gasteiger charge is 2.18. The first-order valence-electron chi connectivity index (χ1n) is 7.71. The van der Waals surface area contributed by atoms with Gasteiger partial charge in [-0.3, -0.25) is 4.90 Å². The zero-order chi connectivity index (χ0) is 15.1. The lowest BCUT2D eigenvalue weighted by Crippen LogP contribution is -2.33. The standard InChI is InChI=1S/C18H25NO2/c1-19(17-8-4-3-5-9-17)14-16-13-18(21-2)11-10-15(16)7-6-12-20/h10-11,13,17,20H,3-5,8-9,12,14H2,1-2H3. The van der Waals surface area contributed by atoms with Gasteiger partial charge in [0.1, 0.15) is 12.4 Å². The molecular weight excluding hydrogens is 262 g/mol. The van der Waals surface area contributed by atoms with Gasteiger partial charge >= 0.3 is 0 Å². The highest BCUT2D eigenvalue weighted by Crippen LogP contribution is 2.25. The fourth-order valence-electron chi connectivity index (χ4n) is 3.00. The predicted molar refractivity (Wildman–Crippen MR) is 85.3 cm³/mol. The van der Waals surface area contributed by atoms with E-state index in [1.165, 1.54) is 37.7 Å². The van der Waals surface area contributed by atoms with Crippen molar-refractivity contribution in [3.63, 3.8) is 0 Å². The molecule has 0 aliphatic heterocycles. The molecule has 0 spiro atoms. The summed E-state index contributed by atoms with van der Waals surface area (Å²) >= 11 is 0. The van der Waals surface area contributed by atoms with Gasteiger partial charge in [-0.05, 0) is 43.7 Å². The number of hydrogen-bond acceptors (Lipinski definition) is 3. The van der Waals surface area contributed by atoms with Crippen molar-refractivity contribution < 1.29 is 9.84 Å². The molecule has 3 nitrogen and oxygen atoms in total. The highest BCUT2D eigenvalue weighted by atomic mass is 16.5. The molecule has 2 rings (SSSR count). The van der Waals surface area contributed by atoms with E-state index in [1.807, 2.05) is 12.1 Å². The smallest absolute Gasteiger partial charge is 0.119 e. The van der Waals surface area contributed by atoms with E-state index < -0.39 is 0 Å². The third-order valence-corrected chi connectivity index (χ3v) is 4.23. The third-order valence-electron chi connectivity index (χ3n) is 4.23. The Morgan fingerprint density at radius 1 is 1.29 bits per heavy atom. The van der Waals surface area contributed by atoms with Crippen LogP contribution < -0.4 is 4.74 Å². The van der Waals surface area contributed by atoms with Gasteiger partial charge in [0.05, 0.1) is 7.11 Å². The van der Waals surface area contributed by atoms with E-state index in [4.69, 9.17) is 9.84 Å². The molecule has 1 aliphatic rings. The molecule has 1 N–H and O–H groups in total. The van der Waals surface area contributed by atoms with E-state index in [9.17, 15) is 0 Å². The van der Waals surface area contributed by atoms with Gasteiger partial charge in [0, 0.05) is 18.2 Å². The van der Waals surface area contributed by atoms with Gasteiger partial charge < -0.3 is 9.84 Å². The highest BCUT2D eigenvalue weighted by molar-refractivity contribution is 5.45. The van der Waals surface area contributed by atoms with E-state index in [2.05, 4.69) is 29.9 Å². The van der Waals surface area contributed by atoms with Crippen molar-refractivity contribution in [3.05, 3.63) is 29.3 Å². The minimum absolute atomic E-state index is 0.107. The van der Waals surface area contributed by atoms with Crippen LogP contribution in [0.1, 0.15) is 43.2 Å². The monoisotopic (exact) mass is 287 g/mol. The molecule has 1 saturated carbocycles. The summed E-state index contributed by atoms with van der Waals surface area (Å²) in [6.45, 7) is 0.765. The Labute approximate surface area is 127 Å². The van der Waals surface area contributed by atoms with Gasteiger partial charge in [0.15, 0.2) is 0 Å². The summed E-state index contributed by atoms with van der Waals surface area (Å²) in [5.41, 5.74) is 2.15. The Hall–Kier alpha value is -1.50. The number of nitrogens with zero attached hydrogens (tertiary/aromatic N) is 1. The number of aliphatic hydroxyl groups is 1.